The normalized spacial score (nSPS) is 14.7. The highest BCUT2D eigenvalue weighted by atomic mass is 35.5. The number of hydrogen-bond donors (Lipinski definition) is 0. The summed E-state index contributed by atoms with van der Waals surface area (Å²) in [4.78, 5) is 19.1. The molecular weight excluding hydrogens is 312 g/mol. The average Bonchev–Trinajstić information content (AvgIpc) is 2.92. The van der Waals surface area contributed by atoms with Crippen molar-refractivity contribution in [3.63, 3.8) is 0 Å². The number of carbonyl (C=O) groups is 1. The van der Waals surface area contributed by atoms with Crippen molar-refractivity contribution in [3.05, 3.63) is 51.7 Å². The van der Waals surface area contributed by atoms with E-state index in [4.69, 9.17) is 16.0 Å². The molecule has 1 amide bonds. The van der Waals surface area contributed by atoms with Crippen molar-refractivity contribution in [1.82, 2.24) is 9.88 Å². The second kappa shape index (κ2) is 5.68. The average molecular weight is 333 g/mol. The van der Waals surface area contributed by atoms with Gasteiger partial charge in [0.25, 0.3) is 5.91 Å². The molecule has 5 heteroatoms. The van der Waals surface area contributed by atoms with Crippen LogP contribution in [0.3, 0.4) is 0 Å². The van der Waals surface area contributed by atoms with E-state index in [0.29, 0.717) is 30.1 Å². The molecule has 0 N–H and O–H groups in total. The van der Waals surface area contributed by atoms with Crippen molar-refractivity contribution in [1.29, 1.82) is 0 Å². The highest BCUT2D eigenvalue weighted by molar-refractivity contribution is 6.31. The van der Waals surface area contributed by atoms with Crippen LogP contribution in [0.15, 0.2) is 22.6 Å². The fourth-order valence-electron chi connectivity index (χ4n) is 2.65. The molecule has 1 aliphatic rings. The number of aromatic nitrogens is 1. The number of halogens is 1. The van der Waals surface area contributed by atoms with Gasteiger partial charge in [-0.25, -0.2) is 4.98 Å². The number of nitrogens with zero attached hydrogens (tertiary/aromatic N) is 2. The third-order valence-electron chi connectivity index (χ3n) is 4.06. The largest absolute Gasteiger partial charge is 0.445 e. The Kier molecular flexibility index (Phi) is 3.96. The van der Waals surface area contributed by atoms with Gasteiger partial charge in [0.05, 0.1) is 6.54 Å². The summed E-state index contributed by atoms with van der Waals surface area (Å²) >= 11 is 6.04. The Morgan fingerprint density at radius 2 is 2.09 bits per heavy atom. The SMILES string of the molecule is Cc1cc(C(=O)N2CCc3oc(C(C)(C)C)nc3C2)ccc1Cl. The molecule has 0 spiro atoms. The molecule has 0 aliphatic carbocycles. The van der Waals surface area contributed by atoms with E-state index in [1.807, 2.05) is 17.9 Å². The third-order valence-corrected chi connectivity index (χ3v) is 4.49. The van der Waals surface area contributed by atoms with Gasteiger partial charge in [-0.3, -0.25) is 4.79 Å². The Hall–Kier alpha value is -1.81. The Morgan fingerprint density at radius 1 is 1.35 bits per heavy atom. The number of rotatable bonds is 1. The van der Waals surface area contributed by atoms with Crippen LogP contribution in [0.1, 0.15) is 54.0 Å². The van der Waals surface area contributed by atoms with Crippen molar-refractivity contribution in [2.75, 3.05) is 6.54 Å². The van der Waals surface area contributed by atoms with Gasteiger partial charge in [0, 0.05) is 29.0 Å². The fraction of sp³-hybridized carbons (Fsp3) is 0.444. The first-order valence-electron chi connectivity index (χ1n) is 7.80. The molecule has 0 saturated carbocycles. The third kappa shape index (κ3) is 3.13. The first-order valence-corrected chi connectivity index (χ1v) is 8.18. The highest BCUT2D eigenvalue weighted by Gasteiger charge is 2.29. The van der Waals surface area contributed by atoms with Gasteiger partial charge in [0.1, 0.15) is 11.5 Å². The molecule has 0 bridgehead atoms. The summed E-state index contributed by atoms with van der Waals surface area (Å²) in [5, 5.41) is 0.675. The minimum Gasteiger partial charge on any atom is -0.445 e. The minimum atomic E-state index is -0.126. The summed E-state index contributed by atoms with van der Waals surface area (Å²) in [5.74, 6) is 1.65. The van der Waals surface area contributed by atoms with Crippen molar-refractivity contribution < 1.29 is 9.21 Å². The zero-order chi connectivity index (χ0) is 16.8. The molecule has 1 aromatic heterocycles. The molecule has 0 atom stereocenters. The minimum absolute atomic E-state index is 0.00993. The number of benzene rings is 1. The number of amides is 1. The quantitative estimate of drug-likeness (QED) is 0.788. The maximum absolute atomic E-state index is 12.7. The number of hydrogen-bond acceptors (Lipinski definition) is 3. The molecule has 2 aromatic rings. The van der Waals surface area contributed by atoms with E-state index in [-0.39, 0.29) is 11.3 Å². The van der Waals surface area contributed by atoms with Gasteiger partial charge in [-0.1, -0.05) is 32.4 Å². The van der Waals surface area contributed by atoms with Crippen molar-refractivity contribution >= 4 is 17.5 Å². The first kappa shape index (κ1) is 16.1. The van der Waals surface area contributed by atoms with E-state index in [0.717, 1.165) is 22.9 Å². The smallest absolute Gasteiger partial charge is 0.254 e. The van der Waals surface area contributed by atoms with Crippen LogP contribution in [0.5, 0.6) is 0 Å². The lowest BCUT2D eigenvalue weighted by molar-refractivity contribution is 0.0727. The summed E-state index contributed by atoms with van der Waals surface area (Å²) in [6, 6.07) is 5.38. The van der Waals surface area contributed by atoms with Crippen LogP contribution in [0.25, 0.3) is 0 Å². The van der Waals surface area contributed by atoms with Gasteiger partial charge < -0.3 is 9.32 Å². The van der Waals surface area contributed by atoms with Crippen LogP contribution in [-0.4, -0.2) is 22.3 Å². The molecule has 0 unspecified atom stereocenters. The molecule has 1 aromatic carbocycles. The van der Waals surface area contributed by atoms with E-state index < -0.39 is 0 Å². The fourth-order valence-corrected chi connectivity index (χ4v) is 2.77. The van der Waals surface area contributed by atoms with Crippen LogP contribution in [0.2, 0.25) is 5.02 Å². The van der Waals surface area contributed by atoms with E-state index in [1.54, 1.807) is 12.1 Å². The van der Waals surface area contributed by atoms with Crippen LogP contribution in [0.4, 0.5) is 0 Å². The van der Waals surface area contributed by atoms with Crippen LogP contribution in [0, 0.1) is 6.92 Å². The lowest BCUT2D eigenvalue weighted by Gasteiger charge is -2.25. The molecule has 122 valence electrons. The Labute approximate surface area is 141 Å². The monoisotopic (exact) mass is 332 g/mol. The Bertz CT molecular complexity index is 759. The van der Waals surface area contributed by atoms with Crippen molar-refractivity contribution in [2.45, 2.75) is 46.1 Å². The second-order valence-corrected chi connectivity index (χ2v) is 7.49. The molecule has 0 saturated heterocycles. The van der Waals surface area contributed by atoms with Gasteiger partial charge in [0.2, 0.25) is 0 Å². The summed E-state index contributed by atoms with van der Waals surface area (Å²) in [5.41, 5.74) is 2.32. The van der Waals surface area contributed by atoms with Gasteiger partial charge in [-0.05, 0) is 30.7 Å². The number of carbonyl (C=O) groups excluding carboxylic acids is 1. The van der Waals surface area contributed by atoms with Gasteiger partial charge in [0.15, 0.2) is 5.89 Å². The molecule has 3 rings (SSSR count). The van der Waals surface area contributed by atoms with Crippen LogP contribution in [-0.2, 0) is 18.4 Å². The maximum Gasteiger partial charge on any atom is 0.254 e. The standard InChI is InChI=1S/C18H21ClN2O2/c1-11-9-12(5-6-13(11)19)16(22)21-8-7-15-14(10-21)20-17(23-15)18(2,3)4/h5-6,9H,7-8,10H2,1-4H3. The zero-order valence-electron chi connectivity index (χ0n) is 13.9. The summed E-state index contributed by atoms with van der Waals surface area (Å²) in [7, 11) is 0. The second-order valence-electron chi connectivity index (χ2n) is 7.08. The van der Waals surface area contributed by atoms with Gasteiger partial charge >= 0.3 is 0 Å². The number of oxazole rings is 1. The summed E-state index contributed by atoms with van der Waals surface area (Å²) in [6.07, 6.45) is 0.705. The van der Waals surface area contributed by atoms with Crippen LogP contribution < -0.4 is 0 Å². The first-order chi connectivity index (χ1) is 10.8. The van der Waals surface area contributed by atoms with Crippen molar-refractivity contribution in [2.24, 2.45) is 0 Å². The maximum atomic E-state index is 12.7. The molecule has 1 aliphatic heterocycles. The topological polar surface area (TPSA) is 46.3 Å². The van der Waals surface area contributed by atoms with E-state index >= 15 is 0 Å². The molecule has 4 nitrogen and oxygen atoms in total. The lowest BCUT2D eigenvalue weighted by Crippen LogP contribution is -2.35. The van der Waals surface area contributed by atoms with E-state index in [9.17, 15) is 4.79 Å². The van der Waals surface area contributed by atoms with Crippen LogP contribution >= 0.6 is 11.6 Å². The zero-order valence-corrected chi connectivity index (χ0v) is 14.7. The molecule has 0 radical (unpaired) electrons. The van der Waals surface area contributed by atoms with Crippen molar-refractivity contribution in [3.8, 4) is 0 Å². The van der Waals surface area contributed by atoms with Gasteiger partial charge in [-0.2, -0.15) is 0 Å². The molecular formula is C18H21ClN2O2. The summed E-state index contributed by atoms with van der Waals surface area (Å²) in [6.45, 7) is 9.26. The Morgan fingerprint density at radius 3 is 2.74 bits per heavy atom. The number of aryl methyl sites for hydroxylation is 1. The van der Waals surface area contributed by atoms with Gasteiger partial charge in [-0.15, -0.1) is 0 Å². The number of fused-ring (bicyclic) bond motifs is 1. The highest BCUT2D eigenvalue weighted by Crippen LogP contribution is 2.28. The predicted molar refractivity (Wildman–Crippen MR) is 89.8 cm³/mol. The molecule has 23 heavy (non-hydrogen) atoms. The molecule has 0 fully saturated rings. The molecule has 2 heterocycles. The Balaban J connectivity index is 1.82. The van der Waals surface area contributed by atoms with E-state index in [1.165, 1.54) is 0 Å². The summed E-state index contributed by atoms with van der Waals surface area (Å²) < 4.78 is 5.87. The van der Waals surface area contributed by atoms with E-state index in [2.05, 4.69) is 25.8 Å². The lowest BCUT2D eigenvalue weighted by atomic mass is 9.97. The predicted octanol–water partition coefficient (Wildman–Crippen LogP) is 4.13.